The molecular formula is C51H54Cl2N12O4. The highest BCUT2D eigenvalue weighted by Crippen LogP contribution is 2.32. The zero-order chi connectivity index (χ0) is 48.7. The minimum Gasteiger partial charge on any atom is -0.355 e. The third-order valence-corrected chi connectivity index (χ3v) is 12.8. The molecule has 3 saturated heterocycles. The number of piperidine rings is 3. The van der Waals surface area contributed by atoms with Crippen molar-refractivity contribution >= 4 is 75.5 Å². The Balaban J connectivity index is 0.000000204. The molecular weight excluding hydrogens is 916 g/mol. The van der Waals surface area contributed by atoms with Gasteiger partial charge in [0.2, 0.25) is 11.8 Å². The van der Waals surface area contributed by atoms with Crippen LogP contribution in [-0.2, 0) is 9.59 Å². The van der Waals surface area contributed by atoms with Gasteiger partial charge in [-0.2, -0.15) is 10.5 Å². The summed E-state index contributed by atoms with van der Waals surface area (Å²) in [5.74, 6) is 1.26. The van der Waals surface area contributed by atoms with Gasteiger partial charge in [-0.1, -0.05) is 35.3 Å². The van der Waals surface area contributed by atoms with Crippen LogP contribution in [0.5, 0.6) is 0 Å². The molecule has 1 unspecified atom stereocenters. The van der Waals surface area contributed by atoms with E-state index in [0.29, 0.717) is 92.8 Å². The van der Waals surface area contributed by atoms with Gasteiger partial charge in [-0.05, 0) is 125 Å². The number of nitriles is 2. The highest BCUT2D eigenvalue weighted by molar-refractivity contribution is 6.31. The summed E-state index contributed by atoms with van der Waals surface area (Å²) in [7, 11) is 2.09. The second-order valence-electron chi connectivity index (χ2n) is 17.6. The van der Waals surface area contributed by atoms with Crippen LogP contribution in [0.3, 0.4) is 0 Å². The summed E-state index contributed by atoms with van der Waals surface area (Å²) in [6, 6.07) is 24.6. The Labute approximate surface area is 412 Å². The normalized spacial score (nSPS) is 16.4. The second kappa shape index (κ2) is 24.3. The smallest absolute Gasteiger partial charge is 0.255 e. The monoisotopic (exact) mass is 968 g/mol. The van der Waals surface area contributed by atoms with Crippen molar-refractivity contribution in [3.05, 3.63) is 130 Å². The summed E-state index contributed by atoms with van der Waals surface area (Å²) in [6.45, 7) is 4.83. The van der Waals surface area contributed by atoms with E-state index in [4.69, 9.17) is 23.2 Å². The summed E-state index contributed by atoms with van der Waals surface area (Å²) in [5.41, 5.74) is 3.22. The third-order valence-electron chi connectivity index (χ3n) is 12.4. The minimum atomic E-state index is -0.331. The predicted octanol–water partition coefficient (Wildman–Crippen LogP) is 8.18. The van der Waals surface area contributed by atoms with E-state index in [1.165, 1.54) is 12.4 Å². The number of anilines is 5. The van der Waals surface area contributed by atoms with Gasteiger partial charge in [0, 0.05) is 91.4 Å². The van der Waals surface area contributed by atoms with Crippen molar-refractivity contribution in [3.8, 4) is 12.1 Å². The first-order valence-electron chi connectivity index (χ1n) is 23.0. The fourth-order valence-electron chi connectivity index (χ4n) is 8.82. The SMILES string of the molecule is CN1CCCC(NC(=O)CC2CCN(c3ncc(C#N)cc3NC(=O)c3cccc(Cl)c3)CC2)C1.N#Cc1cnc(N2CCC(CC(=O)Nc3cccnc3)CC2)c(NC(=O)c2cccc(Cl)c2)c1. The highest BCUT2D eigenvalue weighted by Gasteiger charge is 2.28. The molecule has 3 aromatic heterocycles. The van der Waals surface area contributed by atoms with E-state index in [1.807, 2.05) is 6.07 Å². The van der Waals surface area contributed by atoms with E-state index < -0.39 is 0 Å². The lowest BCUT2D eigenvalue weighted by molar-refractivity contribution is -0.123. The molecule has 3 fully saturated rings. The van der Waals surface area contributed by atoms with E-state index in [-0.39, 0.29) is 35.6 Å². The van der Waals surface area contributed by atoms with Crippen LogP contribution in [0.15, 0.2) is 97.6 Å². The number of amides is 4. The standard InChI is InChI=1S/C26H31ClN6O2.C25H23ClN6O2/c1-32-9-3-6-22(17-32)30-24(34)13-18-7-10-33(11-8-18)25-23(12-19(15-28)16-29-25)31-26(35)20-4-2-5-21(27)14-20;26-20-4-1-3-19(13-20)25(34)31-22-11-18(14-27)15-29-24(22)32-9-6-17(7-10-32)12-23(33)30-21-5-2-8-28-16-21/h2,4-5,12,14,16,18,22H,3,6-11,13,17H2,1H3,(H,30,34)(H,31,35);1-5,8,11,13,15-17H,6-7,9-10,12H2,(H,30,33)(H,31,34). The van der Waals surface area contributed by atoms with Crippen LogP contribution in [0.25, 0.3) is 0 Å². The van der Waals surface area contributed by atoms with Gasteiger partial charge in [0.1, 0.15) is 12.1 Å². The molecule has 5 aromatic rings. The highest BCUT2D eigenvalue weighted by atomic mass is 35.5. The number of aromatic nitrogens is 3. The van der Waals surface area contributed by atoms with Gasteiger partial charge >= 0.3 is 0 Å². The molecule has 3 aliphatic heterocycles. The molecule has 4 N–H and O–H groups in total. The average Bonchev–Trinajstić information content (AvgIpc) is 3.35. The fraction of sp³-hybridized carbons (Fsp3) is 0.353. The summed E-state index contributed by atoms with van der Waals surface area (Å²) in [4.78, 5) is 70.0. The summed E-state index contributed by atoms with van der Waals surface area (Å²) in [5, 5.41) is 31.4. The number of hydrogen-bond donors (Lipinski definition) is 4. The van der Waals surface area contributed by atoms with Crippen molar-refractivity contribution in [3.63, 3.8) is 0 Å². The van der Waals surface area contributed by atoms with Gasteiger partial charge in [0.25, 0.3) is 11.8 Å². The molecule has 2 aromatic carbocycles. The first kappa shape index (κ1) is 49.8. The number of carbonyl (C=O) groups is 4. The van der Waals surface area contributed by atoms with Crippen molar-refractivity contribution in [1.29, 1.82) is 10.5 Å². The Hall–Kier alpha value is -7.11. The lowest BCUT2D eigenvalue weighted by atomic mass is 9.92. The van der Waals surface area contributed by atoms with E-state index in [1.54, 1.807) is 79.1 Å². The van der Waals surface area contributed by atoms with Crippen molar-refractivity contribution in [2.45, 2.75) is 57.4 Å². The summed E-state index contributed by atoms with van der Waals surface area (Å²) < 4.78 is 0. The first-order valence-corrected chi connectivity index (χ1v) is 23.8. The molecule has 6 heterocycles. The maximum Gasteiger partial charge on any atom is 0.255 e. The number of carbonyl (C=O) groups excluding carboxylic acids is 4. The van der Waals surface area contributed by atoms with E-state index >= 15 is 0 Å². The van der Waals surface area contributed by atoms with Crippen LogP contribution in [0.1, 0.15) is 83.2 Å². The number of hydrogen-bond acceptors (Lipinski definition) is 12. The summed E-state index contributed by atoms with van der Waals surface area (Å²) in [6.07, 6.45) is 12.8. The largest absolute Gasteiger partial charge is 0.355 e. The quantitative estimate of drug-likeness (QED) is 0.0933. The van der Waals surface area contributed by atoms with Crippen LogP contribution >= 0.6 is 23.2 Å². The van der Waals surface area contributed by atoms with E-state index in [9.17, 15) is 29.7 Å². The van der Waals surface area contributed by atoms with Crippen LogP contribution in [0, 0.1) is 34.5 Å². The first-order chi connectivity index (χ1) is 33.4. The van der Waals surface area contributed by atoms with Crippen molar-refractivity contribution in [2.24, 2.45) is 11.8 Å². The molecule has 16 nitrogen and oxygen atoms in total. The lowest BCUT2D eigenvalue weighted by Crippen LogP contribution is -2.47. The van der Waals surface area contributed by atoms with Crippen LogP contribution in [-0.4, -0.2) is 95.8 Å². The average molecular weight is 970 g/mol. The van der Waals surface area contributed by atoms with Gasteiger partial charge < -0.3 is 36.0 Å². The molecule has 0 radical (unpaired) electrons. The van der Waals surface area contributed by atoms with Crippen molar-refractivity contribution in [1.82, 2.24) is 25.2 Å². The number of pyridine rings is 3. The number of benzene rings is 2. The van der Waals surface area contributed by atoms with Gasteiger partial charge in [0.05, 0.1) is 34.4 Å². The third kappa shape index (κ3) is 14.4. The molecule has 356 valence electrons. The molecule has 0 spiro atoms. The molecule has 0 bridgehead atoms. The van der Waals surface area contributed by atoms with Crippen molar-refractivity contribution in [2.75, 3.05) is 72.1 Å². The van der Waals surface area contributed by atoms with Gasteiger partial charge in [-0.25, -0.2) is 9.97 Å². The molecule has 18 heteroatoms. The maximum atomic E-state index is 12.8. The number of halogens is 2. The molecule has 1 atom stereocenters. The van der Waals surface area contributed by atoms with E-state index in [2.05, 4.69) is 70.1 Å². The number of nitrogens with one attached hydrogen (secondary N) is 4. The maximum absolute atomic E-state index is 12.8. The topological polar surface area (TPSA) is 212 Å². The Bertz CT molecular complexity index is 2700. The van der Waals surface area contributed by atoms with Crippen LogP contribution in [0.4, 0.5) is 28.7 Å². The summed E-state index contributed by atoms with van der Waals surface area (Å²) >= 11 is 12.0. The lowest BCUT2D eigenvalue weighted by Gasteiger charge is -2.34. The molecule has 4 amide bonds. The van der Waals surface area contributed by atoms with Crippen molar-refractivity contribution < 1.29 is 19.2 Å². The number of likely N-dealkylation sites (tertiary alicyclic amines) is 1. The Kier molecular flexibility index (Phi) is 17.5. The zero-order valence-corrected chi connectivity index (χ0v) is 39.8. The van der Waals surface area contributed by atoms with E-state index in [0.717, 1.165) is 64.7 Å². The van der Waals surface area contributed by atoms with Crippen LogP contribution in [0.2, 0.25) is 10.0 Å². The van der Waals surface area contributed by atoms with Gasteiger partial charge in [-0.3, -0.25) is 24.2 Å². The molecule has 0 saturated carbocycles. The molecule has 0 aliphatic carbocycles. The van der Waals surface area contributed by atoms with Crippen LogP contribution < -0.4 is 31.1 Å². The molecule has 69 heavy (non-hydrogen) atoms. The number of nitrogens with zero attached hydrogens (tertiary/aromatic N) is 8. The predicted molar refractivity (Wildman–Crippen MR) is 267 cm³/mol. The number of likely N-dealkylation sites (N-methyl/N-ethyl adjacent to an activating group) is 1. The molecule has 3 aliphatic rings. The Morgan fingerprint density at radius 3 is 1.64 bits per heavy atom. The Morgan fingerprint density at radius 2 is 1.17 bits per heavy atom. The van der Waals surface area contributed by atoms with Gasteiger partial charge in [0.15, 0.2) is 11.6 Å². The van der Waals surface area contributed by atoms with Gasteiger partial charge in [-0.15, -0.1) is 0 Å². The second-order valence-corrected chi connectivity index (χ2v) is 18.4. The minimum absolute atomic E-state index is 0.0302. The molecule has 8 rings (SSSR count). The number of rotatable bonds is 12. The fourth-order valence-corrected chi connectivity index (χ4v) is 9.20. The Morgan fingerprint density at radius 1 is 0.652 bits per heavy atom. The zero-order valence-electron chi connectivity index (χ0n) is 38.3.